The Labute approximate surface area is 179 Å². The number of thioether (sulfide) groups is 1. The van der Waals surface area contributed by atoms with Gasteiger partial charge in [0.1, 0.15) is 11.6 Å². The monoisotopic (exact) mass is 426 g/mol. The molecule has 0 aliphatic heterocycles. The normalized spacial score (nSPS) is 11.7. The molecule has 1 unspecified atom stereocenters. The number of rotatable bonds is 9. The molecule has 0 radical (unpaired) electrons. The zero-order valence-electron chi connectivity index (χ0n) is 16.8. The maximum atomic E-state index is 13.1. The second-order valence-corrected chi connectivity index (χ2v) is 7.55. The highest BCUT2D eigenvalue weighted by Crippen LogP contribution is 2.25. The summed E-state index contributed by atoms with van der Waals surface area (Å²) in [7, 11) is 0. The number of aryl methyl sites for hydroxylation is 1. The van der Waals surface area contributed by atoms with E-state index in [0.717, 1.165) is 11.3 Å². The Kier molecular flexibility index (Phi) is 7.24. The summed E-state index contributed by atoms with van der Waals surface area (Å²) >= 11 is 1.29. The lowest BCUT2D eigenvalue weighted by atomic mass is 10.2. The van der Waals surface area contributed by atoms with E-state index >= 15 is 0 Å². The van der Waals surface area contributed by atoms with Crippen LogP contribution in [0.25, 0.3) is 0 Å². The van der Waals surface area contributed by atoms with Crippen LogP contribution in [0.2, 0.25) is 0 Å². The van der Waals surface area contributed by atoms with Gasteiger partial charge in [0.05, 0.1) is 5.75 Å². The van der Waals surface area contributed by atoms with Crippen LogP contribution in [0.1, 0.15) is 24.4 Å². The molecule has 0 saturated carbocycles. The van der Waals surface area contributed by atoms with Gasteiger partial charge in [-0.1, -0.05) is 36.0 Å². The average molecular weight is 427 g/mol. The minimum absolute atomic E-state index is 0.125. The fourth-order valence-corrected chi connectivity index (χ4v) is 3.56. The van der Waals surface area contributed by atoms with Gasteiger partial charge in [-0.05, 0) is 49.7 Å². The molecule has 6 nitrogen and oxygen atoms in total. The van der Waals surface area contributed by atoms with Crippen molar-refractivity contribution >= 4 is 23.4 Å². The van der Waals surface area contributed by atoms with Crippen molar-refractivity contribution in [3.05, 3.63) is 78.4 Å². The van der Waals surface area contributed by atoms with Crippen molar-refractivity contribution in [2.75, 3.05) is 11.1 Å². The quantitative estimate of drug-likeness (QED) is 0.394. The standard InChI is InChI=1S/C22H23FN4O2S/c1-4-13-27-21(16(3)29-18-11-9-17(23)10-12-18)25-26-22(27)30-14-20(28)24-19-8-6-5-7-15(19)2/h4-12,16H,1,13-14H2,2-3H3,(H,24,28). The van der Waals surface area contributed by atoms with Crippen LogP contribution < -0.4 is 10.1 Å². The third-order valence-corrected chi connectivity index (χ3v) is 5.27. The summed E-state index contributed by atoms with van der Waals surface area (Å²) < 4.78 is 20.8. The van der Waals surface area contributed by atoms with Crippen LogP contribution in [0.3, 0.4) is 0 Å². The van der Waals surface area contributed by atoms with E-state index in [0.29, 0.717) is 23.3 Å². The van der Waals surface area contributed by atoms with Gasteiger partial charge < -0.3 is 10.1 Å². The summed E-state index contributed by atoms with van der Waals surface area (Å²) in [5.41, 5.74) is 1.79. The maximum Gasteiger partial charge on any atom is 0.234 e. The summed E-state index contributed by atoms with van der Waals surface area (Å²) in [6.45, 7) is 8.04. The second-order valence-electron chi connectivity index (χ2n) is 6.61. The van der Waals surface area contributed by atoms with Gasteiger partial charge >= 0.3 is 0 Å². The number of aromatic nitrogens is 3. The molecule has 1 heterocycles. The number of amides is 1. The molecule has 0 aliphatic carbocycles. The van der Waals surface area contributed by atoms with Crippen LogP contribution in [0.5, 0.6) is 5.75 Å². The summed E-state index contributed by atoms with van der Waals surface area (Å²) in [6, 6.07) is 13.4. The van der Waals surface area contributed by atoms with Crippen LogP contribution in [0.15, 0.2) is 66.3 Å². The molecule has 1 aromatic heterocycles. The van der Waals surface area contributed by atoms with Crippen LogP contribution in [0.4, 0.5) is 10.1 Å². The highest BCUT2D eigenvalue weighted by atomic mass is 32.2. The van der Waals surface area contributed by atoms with Crippen molar-refractivity contribution in [2.24, 2.45) is 0 Å². The summed E-state index contributed by atoms with van der Waals surface area (Å²) in [5, 5.41) is 12.0. The van der Waals surface area contributed by atoms with Gasteiger partial charge in [-0.25, -0.2) is 4.39 Å². The Morgan fingerprint density at radius 2 is 2.00 bits per heavy atom. The SMILES string of the molecule is C=CCn1c(SCC(=O)Nc2ccccc2C)nnc1C(C)Oc1ccc(F)cc1. The number of ether oxygens (including phenoxy) is 1. The number of carbonyl (C=O) groups is 1. The predicted molar refractivity (Wildman–Crippen MR) is 116 cm³/mol. The lowest BCUT2D eigenvalue weighted by Crippen LogP contribution is -2.16. The summed E-state index contributed by atoms with van der Waals surface area (Å²) in [5.74, 6) is 0.869. The fourth-order valence-electron chi connectivity index (χ4n) is 2.81. The van der Waals surface area contributed by atoms with Gasteiger partial charge in [0.15, 0.2) is 17.1 Å². The highest BCUT2D eigenvalue weighted by molar-refractivity contribution is 7.99. The van der Waals surface area contributed by atoms with E-state index in [1.807, 2.05) is 42.7 Å². The van der Waals surface area contributed by atoms with Crippen molar-refractivity contribution in [3.8, 4) is 5.75 Å². The number of nitrogens with zero attached hydrogens (tertiary/aromatic N) is 3. The number of halogens is 1. The number of benzene rings is 2. The second kappa shape index (κ2) is 10.1. The molecular formula is C22H23FN4O2S. The zero-order valence-corrected chi connectivity index (χ0v) is 17.7. The number of para-hydroxylation sites is 1. The van der Waals surface area contributed by atoms with Crippen LogP contribution in [0, 0.1) is 12.7 Å². The molecule has 30 heavy (non-hydrogen) atoms. The molecule has 3 aromatic rings. The first-order chi connectivity index (χ1) is 14.5. The van der Waals surface area contributed by atoms with E-state index in [2.05, 4.69) is 22.1 Å². The van der Waals surface area contributed by atoms with Gasteiger partial charge in [-0.15, -0.1) is 16.8 Å². The fraction of sp³-hybridized carbons (Fsp3) is 0.227. The van der Waals surface area contributed by atoms with Crippen molar-refractivity contribution < 1.29 is 13.9 Å². The lowest BCUT2D eigenvalue weighted by Gasteiger charge is -2.15. The Balaban J connectivity index is 1.67. The largest absolute Gasteiger partial charge is 0.483 e. The van der Waals surface area contributed by atoms with Crippen molar-refractivity contribution in [1.82, 2.24) is 14.8 Å². The van der Waals surface area contributed by atoms with E-state index in [1.165, 1.54) is 23.9 Å². The molecule has 0 bridgehead atoms. The Hall–Kier alpha value is -3.13. The number of carbonyl (C=O) groups excluding carboxylic acids is 1. The summed E-state index contributed by atoms with van der Waals surface area (Å²) in [6.07, 6.45) is 1.31. The number of hydrogen-bond acceptors (Lipinski definition) is 5. The first kappa shape index (κ1) is 21.6. The molecule has 1 atom stereocenters. The van der Waals surface area contributed by atoms with Crippen LogP contribution in [-0.4, -0.2) is 26.4 Å². The molecule has 1 amide bonds. The predicted octanol–water partition coefficient (Wildman–Crippen LogP) is 4.78. The number of allylic oxidation sites excluding steroid dienone is 1. The molecule has 0 saturated heterocycles. The van der Waals surface area contributed by atoms with E-state index in [1.54, 1.807) is 18.2 Å². The molecule has 1 N–H and O–H groups in total. The first-order valence-electron chi connectivity index (χ1n) is 9.42. The molecule has 2 aromatic carbocycles. The molecular weight excluding hydrogens is 403 g/mol. The van der Waals surface area contributed by atoms with Crippen molar-refractivity contribution in [1.29, 1.82) is 0 Å². The topological polar surface area (TPSA) is 69.0 Å². The number of anilines is 1. The van der Waals surface area contributed by atoms with E-state index in [-0.39, 0.29) is 17.5 Å². The van der Waals surface area contributed by atoms with E-state index in [9.17, 15) is 9.18 Å². The summed E-state index contributed by atoms with van der Waals surface area (Å²) in [4.78, 5) is 12.4. The maximum absolute atomic E-state index is 13.1. The Morgan fingerprint density at radius 1 is 1.27 bits per heavy atom. The zero-order chi connectivity index (χ0) is 21.5. The Morgan fingerprint density at radius 3 is 2.70 bits per heavy atom. The molecule has 0 aliphatic rings. The minimum atomic E-state index is -0.418. The molecule has 3 rings (SSSR count). The van der Waals surface area contributed by atoms with Gasteiger partial charge in [0.25, 0.3) is 0 Å². The van der Waals surface area contributed by atoms with Gasteiger partial charge in [0.2, 0.25) is 5.91 Å². The highest BCUT2D eigenvalue weighted by Gasteiger charge is 2.20. The molecule has 156 valence electrons. The number of nitrogens with one attached hydrogen (secondary N) is 1. The van der Waals surface area contributed by atoms with E-state index in [4.69, 9.17) is 4.74 Å². The van der Waals surface area contributed by atoms with E-state index < -0.39 is 6.10 Å². The van der Waals surface area contributed by atoms with Crippen LogP contribution >= 0.6 is 11.8 Å². The number of hydrogen-bond donors (Lipinski definition) is 1. The average Bonchev–Trinajstić information content (AvgIpc) is 3.13. The third-order valence-electron chi connectivity index (χ3n) is 4.30. The van der Waals surface area contributed by atoms with Gasteiger partial charge in [0, 0.05) is 12.2 Å². The van der Waals surface area contributed by atoms with Crippen molar-refractivity contribution in [3.63, 3.8) is 0 Å². The first-order valence-corrected chi connectivity index (χ1v) is 10.4. The molecule has 0 spiro atoms. The molecule has 8 heteroatoms. The Bertz CT molecular complexity index is 1020. The molecule has 0 fully saturated rings. The van der Waals surface area contributed by atoms with Crippen molar-refractivity contribution in [2.45, 2.75) is 31.7 Å². The smallest absolute Gasteiger partial charge is 0.234 e. The van der Waals surface area contributed by atoms with Gasteiger partial charge in [-0.2, -0.15) is 0 Å². The minimum Gasteiger partial charge on any atom is -0.483 e. The van der Waals surface area contributed by atoms with Crippen LogP contribution in [-0.2, 0) is 11.3 Å². The lowest BCUT2D eigenvalue weighted by molar-refractivity contribution is -0.113. The van der Waals surface area contributed by atoms with Gasteiger partial charge in [-0.3, -0.25) is 9.36 Å². The third kappa shape index (κ3) is 5.48.